The summed E-state index contributed by atoms with van der Waals surface area (Å²) in [6.45, 7) is 5.65. The van der Waals surface area contributed by atoms with E-state index in [1.165, 1.54) is 6.26 Å². The summed E-state index contributed by atoms with van der Waals surface area (Å²) in [5.74, 6) is 0.751. The van der Waals surface area contributed by atoms with E-state index in [0.29, 0.717) is 4.90 Å². The van der Waals surface area contributed by atoms with Crippen LogP contribution in [0.1, 0.15) is 17.7 Å². The second kappa shape index (κ2) is 6.30. The first kappa shape index (κ1) is 16.8. The molecule has 6 heteroatoms. The van der Waals surface area contributed by atoms with Gasteiger partial charge >= 0.3 is 0 Å². The fourth-order valence-electron chi connectivity index (χ4n) is 2.81. The van der Waals surface area contributed by atoms with Crippen LogP contribution in [0, 0.1) is 13.8 Å². The second-order valence-corrected chi connectivity index (χ2v) is 7.99. The van der Waals surface area contributed by atoms with Crippen LogP contribution in [0.2, 0.25) is 0 Å². The molecule has 0 unspecified atom stereocenters. The lowest BCUT2D eigenvalue weighted by atomic mass is 10.3. The molecular formula is C16H25N3O2S. The highest BCUT2D eigenvalue weighted by Crippen LogP contribution is 2.30. The summed E-state index contributed by atoms with van der Waals surface area (Å²) in [6.07, 6.45) is 6.04. The largest absolute Gasteiger partial charge is 0.330 e. The quantitative estimate of drug-likeness (QED) is 0.819. The molecule has 0 radical (unpaired) electrons. The molecule has 0 aliphatic rings. The third-order valence-corrected chi connectivity index (χ3v) is 5.18. The summed E-state index contributed by atoms with van der Waals surface area (Å²) in [4.78, 5) is 2.57. The van der Waals surface area contributed by atoms with Gasteiger partial charge in [0.25, 0.3) is 0 Å². The first-order valence-electron chi connectivity index (χ1n) is 7.41. The van der Waals surface area contributed by atoms with Crippen molar-refractivity contribution in [3.63, 3.8) is 0 Å². The molecule has 0 bridgehead atoms. The third-order valence-electron chi connectivity index (χ3n) is 3.95. The van der Waals surface area contributed by atoms with Gasteiger partial charge in [0.1, 0.15) is 10.7 Å². The van der Waals surface area contributed by atoms with E-state index in [1.54, 1.807) is 0 Å². The molecule has 2 aromatic rings. The van der Waals surface area contributed by atoms with Crippen LogP contribution in [0.15, 0.2) is 29.4 Å². The number of nitrogens with zero attached hydrogens (tertiary/aromatic N) is 3. The standard InChI is InChI=1S/C16H25N3O2S/c1-13-14(2)19(12-8-9-17(3)4)16(15(13)22(5,20)21)18-10-6-7-11-18/h6-7,10-11H,8-9,12H2,1-5H3. The van der Waals surface area contributed by atoms with Crippen LogP contribution in [0.5, 0.6) is 0 Å². The molecule has 22 heavy (non-hydrogen) atoms. The Morgan fingerprint density at radius 2 is 1.73 bits per heavy atom. The molecule has 0 aromatic carbocycles. The van der Waals surface area contributed by atoms with Gasteiger partial charge in [0.15, 0.2) is 9.84 Å². The molecule has 2 heterocycles. The minimum absolute atomic E-state index is 0.436. The number of aromatic nitrogens is 2. The fourth-order valence-corrected chi connectivity index (χ4v) is 4.06. The third kappa shape index (κ3) is 3.28. The average molecular weight is 323 g/mol. The normalized spacial score (nSPS) is 12.3. The van der Waals surface area contributed by atoms with Crippen LogP contribution in [0.25, 0.3) is 5.82 Å². The molecule has 122 valence electrons. The Balaban J connectivity index is 2.57. The Bertz CT molecular complexity index is 741. The van der Waals surface area contributed by atoms with Crippen molar-refractivity contribution < 1.29 is 8.42 Å². The van der Waals surface area contributed by atoms with Gasteiger partial charge in [-0.1, -0.05) is 0 Å². The number of rotatable bonds is 6. The van der Waals surface area contributed by atoms with Gasteiger partial charge in [-0.2, -0.15) is 0 Å². The molecule has 0 saturated carbocycles. The van der Waals surface area contributed by atoms with Gasteiger partial charge in [0, 0.05) is 30.9 Å². The molecule has 0 atom stereocenters. The second-order valence-electron chi connectivity index (χ2n) is 6.03. The molecule has 0 spiro atoms. The lowest BCUT2D eigenvalue weighted by Crippen LogP contribution is -2.17. The molecule has 0 N–H and O–H groups in total. The van der Waals surface area contributed by atoms with Crippen molar-refractivity contribution in [2.24, 2.45) is 0 Å². The molecule has 0 fully saturated rings. The Morgan fingerprint density at radius 3 is 2.23 bits per heavy atom. The maximum Gasteiger partial charge on any atom is 0.179 e. The predicted molar refractivity (Wildman–Crippen MR) is 89.5 cm³/mol. The first-order valence-corrected chi connectivity index (χ1v) is 9.30. The van der Waals surface area contributed by atoms with E-state index >= 15 is 0 Å². The van der Waals surface area contributed by atoms with Crippen LogP contribution in [0.4, 0.5) is 0 Å². The number of hydrogen-bond donors (Lipinski definition) is 0. The first-order chi connectivity index (χ1) is 10.2. The van der Waals surface area contributed by atoms with E-state index < -0.39 is 9.84 Å². The van der Waals surface area contributed by atoms with E-state index in [2.05, 4.69) is 9.47 Å². The zero-order valence-corrected chi connectivity index (χ0v) is 14.8. The van der Waals surface area contributed by atoms with Gasteiger partial charge < -0.3 is 14.0 Å². The number of hydrogen-bond acceptors (Lipinski definition) is 3. The Morgan fingerprint density at radius 1 is 1.14 bits per heavy atom. The summed E-state index contributed by atoms with van der Waals surface area (Å²) < 4.78 is 28.6. The van der Waals surface area contributed by atoms with Crippen molar-refractivity contribution in [2.45, 2.75) is 31.7 Å². The summed E-state index contributed by atoms with van der Waals surface area (Å²) >= 11 is 0. The van der Waals surface area contributed by atoms with Crippen molar-refractivity contribution in [1.29, 1.82) is 0 Å². The molecule has 0 amide bonds. The molecule has 2 aromatic heterocycles. The predicted octanol–water partition coefficient (Wildman–Crippen LogP) is 2.25. The smallest absolute Gasteiger partial charge is 0.179 e. The highest BCUT2D eigenvalue weighted by Gasteiger charge is 2.25. The van der Waals surface area contributed by atoms with Crippen molar-refractivity contribution >= 4 is 9.84 Å². The van der Waals surface area contributed by atoms with Crippen molar-refractivity contribution in [3.05, 3.63) is 35.8 Å². The molecular weight excluding hydrogens is 298 g/mol. The zero-order chi connectivity index (χ0) is 16.5. The summed E-state index contributed by atoms with van der Waals surface area (Å²) in [5.41, 5.74) is 1.86. The van der Waals surface area contributed by atoms with Gasteiger partial charge in [-0.25, -0.2) is 8.42 Å². The topological polar surface area (TPSA) is 47.2 Å². The lowest BCUT2D eigenvalue weighted by Gasteiger charge is -2.15. The maximum atomic E-state index is 12.3. The van der Waals surface area contributed by atoms with Crippen molar-refractivity contribution in [2.75, 3.05) is 26.9 Å². The zero-order valence-electron chi connectivity index (χ0n) is 14.0. The maximum absolute atomic E-state index is 12.3. The van der Waals surface area contributed by atoms with Crippen LogP contribution in [-0.4, -0.2) is 49.3 Å². The van der Waals surface area contributed by atoms with E-state index in [4.69, 9.17) is 0 Å². The van der Waals surface area contributed by atoms with Crippen LogP contribution in [-0.2, 0) is 16.4 Å². The van der Waals surface area contributed by atoms with Gasteiger partial charge in [0.2, 0.25) is 0 Å². The average Bonchev–Trinajstić information content (AvgIpc) is 2.98. The van der Waals surface area contributed by atoms with Crippen molar-refractivity contribution in [3.8, 4) is 5.82 Å². The summed E-state index contributed by atoms with van der Waals surface area (Å²) in [5, 5.41) is 0. The molecule has 2 rings (SSSR count). The minimum atomic E-state index is -3.29. The van der Waals surface area contributed by atoms with Gasteiger partial charge in [-0.15, -0.1) is 0 Å². The lowest BCUT2D eigenvalue weighted by molar-refractivity contribution is 0.385. The Kier molecular flexibility index (Phi) is 4.82. The van der Waals surface area contributed by atoms with Gasteiger partial charge in [-0.3, -0.25) is 0 Å². The molecule has 0 saturated heterocycles. The number of sulfone groups is 1. The Hall–Kier alpha value is -1.53. The Labute approximate surface area is 133 Å². The van der Waals surface area contributed by atoms with Crippen LogP contribution in [0.3, 0.4) is 0 Å². The monoisotopic (exact) mass is 323 g/mol. The summed E-state index contributed by atoms with van der Waals surface area (Å²) in [7, 11) is 0.803. The van der Waals surface area contributed by atoms with E-state index in [9.17, 15) is 8.42 Å². The van der Waals surface area contributed by atoms with E-state index in [-0.39, 0.29) is 0 Å². The van der Waals surface area contributed by atoms with Crippen LogP contribution < -0.4 is 0 Å². The minimum Gasteiger partial charge on any atom is -0.330 e. The highest BCUT2D eigenvalue weighted by molar-refractivity contribution is 7.90. The van der Waals surface area contributed by atoms with Crippen LogP contribution >= 0.6 is 0 Å². The fraction of sp³-hybridized carbons (Fsp3) is 0.500. The summed E-state index contributed by atoms with van der Waals surface area (Å²) in [6, 6.07) is 3.82. The van der Waals surface area contributed by atoms with E-state index in [0.717, 1.165) is 36.6 Å². The van der Waals surface area contributed by atoms with Gasteiger partial charge in [0.05, 0.1) is 0 Å². The highest BCUT2D eigenvalue weighted by atomic mass is 32.2. The molecule has 0 aliphatic carbocycles. The van der Waals surface area contributed by atoms with Crippen molar-refractivity contribution in [1.82, 2.24) is 14.0 Å². The SMILES string of the molecule is Cc1c(S(C)(=O)=O)c(-n2cccc2)n(CCCN(C)C)c1C. The molecule has 0 aliphatic heterocycles. The van der Waals surface area contributed by atoms with Gasteiger partial charge in [-0.05, 0) is 58.6 Å². The van der Waals surface area contributed by atoms with E-state index in [1.807, 2.05) is 57.0 Å². The molecule has 5 nitrogen and oxygen atoms in total.